The molecule has 17 heavy (non-hydrogen) atoms. The van der Waals surface area contributed by atoms with Crippen molar-refractivity contribution in [1.29, 1.82) is 0 Å². The zero-order chi connectivity index (χ0) is 13.5. The molecule has 0 radical (unpaired) electrons. The molecule has 0 spiro atoms. The van der Waals surface area contributed by atoms with Gasteiger partial charge in [0, 0.05) is 19.3 Å². The quantitative estimate of drug-likeness (QED) is 0.585. The Labute approximate surface area is 98.8 Å². The zero-order valence-corrected chi connectivity index (χ0v) is 9.94. The van der Waals surface area contributed by atoms with E-state index in [0.717, 1.165) is 6.08 Å². The van der Waals surface area contributed by atoms with Crippen molar-refractivity contribution in [2.75, 3.05) is 13.7 Å². The summed E-state index contributed by atoms with van der Waals surface area (Å²) in [5, 5.41) is 12.7. The van der Waals surface area contributed by atoms with Gasteiger partial charge in [0.25, 0.3) is 5.91 Å². The standard InChI is InChI=1S/C10H16N2O5/c1-10(2,6-17-3)12-9(16)11-7(13)4-5-8(14)15/h4-5H,6H2,1-3H3,(H,14,15)(H2,11,12,13,16)/b5-4+. The summed E-state index contributed by atoms with van der Waals surface area (Å²) in [7, 11) is 1.49. The van der Waals surface area contributed by atoms with Crippen LogP contribution < -0.4 is 10.6 Å². The van der Waals surface area contributed by atoms with Crippen LogP contribution in [0, 0.1) is 0 Å². The fraction of sp³-hybridized carbons (Fsp3) is 0.500. The molecule has 0 heterocycles. The van der Waals surface area contributed by atoms with Crippen molar-refractivity contribution >= 4 is 17.9 Å². The second-order valence-corrected chi connectivity index (χ2v) is 3.93. The van der Waals surface area contributed by atoms with Gasteiger partial charge >= 0.3 is 12.0 Å². The fourth-order valence-corrected chi connectivity index (χ4v) is 1.04. The van der Waals surface area contributed by atoms with Crippen molar-refractivity contribution in [2.24, 2.45) is 0 Å². The fourth-order valence-electron chi connectivity index (χ4n) is 1.04. The number of rotatable bonds is 5. The molecule has 3 amide bonds. The molecule has 0 saturated heterocycles. The highest BCUT2D eigenvalue weighted by atomic mass is 16.5. The molecule has 0 rings (SSSR count). The number of methoxy groups -OCH3 is 1. The average Bonchev–Trinajstić information content (AvgIpc) is 2.13. The average molecular weight is 244 g/mol. The van der Waals surface area contributed by atoms with E-state index in [1.165, 1.54) is 7.11 Å². The van der Waals surface area contributed by atoms with E-state index in [0.29, 0.717) is 6.08 Å². The molecule has 7 heteroatoms. The lowest BCUT2D eigenvalue weighted by Crippen LogP contribution is -2.51. The number of carbonyl (C=O) groups excluding carboxylic acids is 2. The van der Waals surface area contributed by atoms with E-state index in [2.05, 4.69) is 5.32 Å². The Morgan fingerprint density at radius 1 is 1.29 bits per heavy atom. The third kappa shape index (κ3) is 7.97. The number of ether oxygens (including phenoxy) is 1. The number of carboxylic acid groups (broad SMARTS) is 1. The van der Waals surface area contributed by atoms with Gasteiger partial charge in [0.2, 0.25) is 0 Å². The van der Waals surface area contributed by atoms with Crippen molar-refractivity contribution in [2.45, 2.75) is 19.4 Å². The van der Waals surface area contributed by atoms with Gasteiger partial charge in [-0.15, -0.1) is 0 Å². The predicted molar refractivity (Wildman–Crippen MR) is 59.4 cm³/mol. The zero-order valence-electron chi connectivity index (χ0n) is 9.94. The number of hydrogen-bond acceptors (Lipinski definition) is 4. The van der Waals surface area contributed by atoms with Gasteiger partial charge < -0.3 is 15.2 Å². The number of aliphatic carboxylic acids is 1. The summed E-state index contributed by atoms with van der Waals surface area (Å²) < 4.78 is 4.87. The second-order valence-electron chi connectivity index (χ2n) is 3.93. The number of carboxylic acids is 1. The van der Waals surface area contributed by atoms with Gasteiger partial charge in [-0.2, -0.15) is 0 Å². The predicted octanol–water partition coefficient (Wildman–Crippen LogP) is -0.122. The van der Waals surface area contributed by atoms with E-state index in [-0.39, 0.29) is 6.61 Å². The molecule has 0 unspecified atom stereocenters. The number of carbonyl (C=O) groups is 3. The van der Waals surface area contributed by atoms with Crippen LogP contribution in [0.1, 0.15) is 13.8 Å². The summed E-state index contributed by atoms with van der Waals surface area (Å²) >= 11 is 0. The molecular formula is C10H16N2O5. The minimum atomic E-state index is -1.26. The van der Waals surface area contributed by atoms with Crippen LogP contribution in [-0.2, 0) is 14.3 Å². The Kier molecular flexibility index (Phi) is 5.90. The van der Waals surface area contributed by atoms with Crippen LogP contribution in [0.25, 0.3) is 0 Å². The molecule has 7 nitrogen and oxygen atoms in total. The highest BCUT2D eigenvalue weighted by Gasteiger charge is 2.20. The van der Waals surface area contributed by atoms with Crippen molar-refractivity contribution in [3.63, 3.8) is 0 Å². The van der Waals surface area contributed by atoms with E-state index >= 15 is 0 Å². The van der Waals surface area contributed by atoms with Crippen LogP contribution in [-0.4, -0.2) is 42.3 Å². The SMILES string of the molecule is COCC(C)(C)NC(=O)NC(=O)/C=C/C(=O)O. The Morgan fingerprint density at radius 2 is 1.88 bits per heavy atom. The lowest BCUT2D eigenvalue weighted by atomic mass is 10.1. The van der Waals surface area contributed by atoms with Crippen LogP contribution in [0.5, 0.6) is 0 Å². The molecule has 0 atom stereocenters. The number of nitrogens with one attached hydrogen (secondary N) is 2. The van der Waals surface area contributed by atoms with Gasteiger partial charge in [0.1, 0.15) is 0 Å². The number of imide groups is 1. The molecule has 0 aliphatic heterocycles. The number of amides is 3. The summed E-state index contributed by atoms with van der Waals surface area (Å²) in [6.07, 6.45) is 1.40. The minimum Gasteiger partial charge on any atom is -0.478 e. The molecule has 0 aliphatic rings. The monoisotopic (exact) mass is 244 g/mol. The molecule has 0 fully saturated rings. The van der Waals surface area contributed by atoms with Crippen LogP contribution in [0.2, 0.25) is 0 Å². The van der Waals surface area contributed by atoms with E-state index in [9.17, 15) is 14.4 Å². The molecule has 0 bridgehead atoms. The van der Waals surface area contributed by atoms with E-state index < -0.39 is 23.4 Å². The Balaban J connectivity index is 4.19. The van der Waals surface area contributed by atoms with Crippen molar-refractivity contribution in [3.8, 4) is 0 Å². The van der Waals surface area contributed by atoms with Crippen molar-refractivity contribution in [1.82, 2.24) is 10.6 Å². The smallest absolute Gasteiger partial charge is 0.328 e. The minimum absolute atomic E-state index is 0.277. The Morgan fingerprint density at radius 3 is 2.35 bits per heavy atom. The summed E-state index contributed by atoms with van der Waals surface area (Å²) in [4.78, 5) is 32.5. The highest BCUT2D eigenvalue weighted by Crippen LogP contribution is 2.01. The highest BCUT2D eigenvalue weighted by molar-refractivity contribution is 6.02. The summed E-state index contributed by atoms with van der Waals surface area (Å²) in [5.41, 5.74) is -0.629. The summed E-state index contributed by atoms with van der Waals surface area (Å²) in [6, 6.07) is -0.716. The second kappa shape index (κ2) is 6.64. The van der Waals surface area contributed by atoms with E-state index in [1.807, 2.05) is 5.32 Å². The first-order chi connectivity index (χ1) is 7.76. The first kappa shape index (κ1) is 15.1. The number of urea groups is 1. The number of hydrogen-bond donors (Lipinski definition) is 3. The molecule has 0 aromatic rings. The van der Waals surface area contributed by atoms with Crippen LogP contribution in [0.15, 0.2) is 12.2 Å². The van der Waals surface area contributed by atoms with Crippen molar-refractivity contribution in [3.05, 3.63) is 12.2 Å². The van der Waals surface area contributed by atoms with Gasteiger partial charge in [-0.05, 0) is 13.8 Å². The lowest BCUT2D eigenvalue weighted by molar-refractivity contribution is -0.131. The van der Waals surface area contributed by atoms with Crippen LogP contribution in [0.3, 0.4) is 0 Å². The normalized spacial score (nSPS) is 11.2. The topological polar surface area (TPSA) is 105 Å². The molecule has 3 N–H and O–H groups in total. The first-order valence-corrected chi connectivity index (χ1v) is 4.80. The molecule has 0 aliphatic carbocycles. The van der Waals surface area contributed by atoms with Gasteiger partial charge in [-0.25, -0.2) is 9.59 Å². The van der Waals surface area contributed by atoms with Gasteiger partial charge in [-0.3, -0.25) is 10.1 Å². The van der Waals surface area contributed by atoms with Gasteiger partial charge in [0.05, 0.1) is 12.1 Å². The Bertz CT molecular complexity index is 336. The van der Waals surface area contributed by atoms with Crippen LogP contribution >= 0.6 is 0 Å². The Hall–Kier alpha value is -1.89. The summed E-state index contributed by atoms with van der Waals surface area (Å²) in [6.45, 7) is 3.71. The third-order valence-corrected chi connectivity index (χ3v) is 1.57. The third-order valence-electron chi connectivity index (χ3n) is 1.57. The maximum atomic E-state index is 11.3. The largest absolute Gasteiger partial charge is 0.478 e. The van der Waals surface area contributed by atoms with Crippen molar-refractivity contribution < 1.29 is 24.2 Å². The van der Waals surface area contributed by atoms with E-state index in [1.54, 1.807) is 13.8 Å². The molecule has 0 aromatic carbocycles. The maximum Gasteiger partial charge on any atom is 0.328 e. The lowest BCUT2D eigenvalue weighted by Gasteiger charge is -2.24. The van der Waals surface area contributed by atoms with E-state index in [4.69, 9.17) is 9.84 Å². The first-order valence-electron chi connectivity index (χ1n) is 4.80. The maximum absolute atomic E-state index is 11.3. The molecule has 0 aromatic heterocycles. The molecule has 0 saturated carbocycles. The molecular weight excluding hydrogens is 228 g/mol. The van der Waals surface area contributed by atoms with Gasteiger partial charge in [-0.1, -0.05) is 0 Å². The van der Waals surface area contributed by atoms with Gasteiger partial charge in [0.15, 0.2) is 0 Å². The molecule has 96 valence electrons. The summed E-state index contributed by atoms with van der Waals surface area (Å²) in [5.74, 6) is -2.07. The van der Waals surface area contributed by atoms with Crippen LogP contribution in [0.4, 0.5) is 4.79 Å².